The van der Waals surface area contributed by atoms with Gasteiger partial charge in [-0.05, 0) is 24.6 Å². The Labute approximate surface area is 89.4 Å². The van der Waals surface area contributed by atoms with Gasteiger partial charge in [-0.2, -0.15) is 5.10 Å². The van der Waals surface area contributed by atoms with Crippen LogP contribution in [-0.2, 0) is 0 Å². The Morgan fingerprint density at radius 2 is 1.93 bits per heavy atom. The van der Waals surface area contributed by atoms with Gasteiger partial charge in [0.1, 0.15) is 11.5 Å². The zero-order valence-electron chi connectivity index (χ0n) is 9.24. The molecule has 2 rings (SSSR count). The first-order chi connectivity index (χ1) is 7.29. The lowest BCUT2D eigenvalue weighted by Crippen LogP contribution is -2.00. The fraction of sp³-hybridized carbons (Fsp3) is 0.250. The third-order valence-corrected chi connectivity index (χ3v) is 1.92. The molecule has 2 aromatic rings. The molecule has 0 N–H and O–H groups in total. The molecule has 0 aliphatic heterocycles. The summed E-state index contributed by atoms with van der Waals surface area (Å²) in [5.41, 5.74) is 1.40. The monoisotopic (exact) mass is 206 g/mol. The topological polar surface area (TPSA) is 17.8 Å². The number of rotatable bonds is 1. The van der Waals surface area contributed by atoms with Crippen LogP contribution in [0.2, 0.25) is 0 Å². The average molecular weight is 206 g/mol. The molecule has 0 unspecified atom stereocenters. The molecule has 1 aromatic heterocycles. The molecule has 0 fully saturated rings. The number of benzene rings is 1. The van der Waals surface area contributed by atoms with E-state index in [-0.39, 0.29) is 5.82 Å². The zero-order valence-corrected chi connectivity index (χ0v) is 9.24. The Morgan fingerprint density at radius 3 is 2.47 bits per heavy atom. The lowest BCUT2D eigenvalue weighted by Gasteiger charge is -2.05. The van der Waals surface area contributed by atoms with Crippen LogP contribution in [0, 0.1) is 12.7 Å². The Balaban J connectivity index is 0.000000531. The van der Waals surface area contributed by atoms with E-state index in [2.05, 4.69) is 5.10 Å². The van der Waals surface area contributed by atoms with Gasteiger partial charge in [0.2, 0.25) is 0 Å². The molecule has 0 radical (unpaired) electrons. The van der Waals surface area contributed by atoms with Crippen molar-refractivity contribution in [3.63, 3.8) is 0 Å². The van der Waals surface area contributed by atoms with E-state index in [1.807, 2.05) is 26.8 Å². The second kappa shape index (κ2) is 5.29. The van der Waals surface area contributed by atoms with E-state index in [4.69, 9.17) is 0 Å². The molecule has 0 saturated carbocycles. The third kappa shape index (κ3) is 2.43. The van der Waals surface area contributed by atoms with Crippen molar-refractivity contribution in [1.82, 2.24) is 9.78 Å². The summed E-state index contributed by atoms with van der Waals surface area (Å²) in [7, 11) is 0. The first-order valence-electron chi connectivity index (χ1n) is 5.04. The standard InChI is InChI=1S/C10H9FN2.C2H6/c1-8-4-2-5-9(11)10(8)13-7-3-6-12-13;1-2/h2-7H,1H3;1-2H3. The Hall–Kier alpha value is -1.64. The molecule has 15 heavy (non-hydrogen) atoms. The number of aromatic nitrogens is 2. The van der Waals surface area contributed by atoms with Crippen LogP contribution >= 0.6 is 0 Å². The number of halogens is 1. The van der Waals surface area contributed by atoms with Gasteiger partial charge in [0, 0.05) is 12.4 Å². The van der Waals surface area contributed by atoms with E-state index in [9.17, 15) is 4.39 Å². The molecule has 80 valence electrons. The smallest absolute Gasteiger partial charge is 0.149 e. The van der Waals surface area contributed by atoms with Crippen LogP contribution in [-0.4, -0.2) is 9.78 Å². The molecule has 1 aromatic carbocycles. The van der Waals surface area contributed by atoms with Crippen LogP contribution in [0.4, 0.5) is 4.39 Å². The highest BCUT2D eigenvalue weighted by atomic mass is 19.1. The highest BCUT2D eigenvalue weighted by molar-refractivity contribution is 5.40. The first kappa shape index (κ1) is 11.4. The predicted molar refractivity (Wildman–Crippen MR) is 59.6 cm³/mol. The molecule has 0 atom stereocenters. The molecule has 0 saturated heterocycles. The van der Waals surface area contributed by atoms with E-state index in [0.29, 0.717) is 5.69 Å². The normalized spacial score (nSPS) is 9.33. The highest BCUT2D eigenvalue weighted by Gasteiger charge is 2.06. The molecule has 0 aliphatic rings. The number of nitrogens with zero attached hydrogens (tertiary/aromatic N) is 2. The van der Waals surface area contributed by atoms with Crippen molar-refractivity contribution in [2.24, 2.45) is 0 Å². The molecule has 1 heterocycles. The number of para-hydroxylation sites is 1. The number of hydrogen-bond donors (Lipinski definition) is 0. The average Bonchev–Trinajstić information content (AvgIpc) is 2.74. The quantitative estimate of drug-likeness (QED) is 0.699. The minimum absolute atomic E-state index is 0.247. The molecule has 0 aliphatic carbocycles. The van der Waals surface area contributed by atoms with E-state index in [1.54, 1.807) is 24.5 Å². The zero-order chi connectivity index (χ0) is 11.3. The molecule has 0 bridgehead atoms. The van der Waals surface area contributed by atoms with Gasteiger partial charge in [0.15, 0.2) is 0 Å². The predicted octanol–water partition coefficient (Wildman–Crippen LogP) is 3.35. The van der Waals surface area contributed by atoms with Gasteiger partial charge in [0.25, 0.3) is 0 Å². The van der Waals surface area contributed by atoms with Crippen LogP contribution in [0.5, 0.6) is 0 Å². The Kier molecular flexibility index (Phi) is 4.03. The Bertz CT molecular complexity index is 387. The van der Waals surface area contributed by atoms with Crippen molar-refractivity contribution >= 4 is 0 Å². The lowest BCUT2D eigenvalue weighted by molar-refractivity contribution is 0.609. The van der Waals surface area contributed by atoms with Crippen LogP contribution < -0.4 is 0 Å². The Morgan fingerprint density at radius 1 is 1.20 bits per heavy atom. The minimum atomic E-state index is -0.247. The SMILES string of the molecule is CC.Cc1cccc(F)c1-n1cccn1. The van der Waals surface area contributed by atoms with Crippen LogP contribution in [0.1, 0.15) is 19.4 Å². The van der Waals surface area contributed by atoms with Gasteiger partial charge < -0.3 is 0 Å². The fourth-order valence-electron chi connectivity index (χ4n) is 1.31. The fourth-order valence-corrected chi connectivity index (χ4v) is 1.31. The summed E-state index contributed by atoms with van der Waals surface area (Å²) < 4.78 is 14.9. The largest absolute Gasteiger partial charge is 0.238 e. The second-order valence-electron chi connectivity index (χ2n) is 2.86. The van der Waals surface area contributed by atoms with Gasteiger partial charge in [-0.15, -0.1) is 0 Å². The summed E-state index contributed by atoms with van der Waals surface area (Å²) in [6.45, 7) is 5.86. The third-order valence-electron chi connectivity index (χ3n) is 1.92. The molecule has 0 amide bonds. The molecular weight excluding hydrogens is 191 g/mol. The van der Waals surface area contributed by atoms with Crippen molar-refractivity contribution in [2.45, 2.75) is 20.8 Å². The van der Waals surface area contributed by atoms with Gasteiger partial charge in [-0.3, -0.25) is 0 Å². The summed E-state index contributed by atoms with van der Waals surface area (Å²) >= 11 is 0. The lowest BCUT2D eigenvalue weighted by atomic mass is 10.2. The second-order valence-corrected chi connectivity index (χ2v) is 2.86. The van der Waals surface area contributed by atoms with Crippen molar-refractivity contribution < 1.29 is 4.39 Å². The van der Waals surface area contributed by atoms with Crippen LogP contribution in [0.25, 0.3) is 5.69 Å². The summed E-state index contributed by atoms with van der Waals surface area (Å²) in [6.07, 6.45) is 3.36. The number of aryl methyl sites for hydroxylation is 1. The van der Waals surface area contributed by atoms with E-state index >= 15 is 0 Å². The van der Waals surface area contributed by atoms with Crippen molar-refractivity contribution in [1.29, 1.82) is 0 Å². The maximum atomic E-state index is 13.4. The molecule has 0 spiro atoms. The number of hydrogen-bond acceptors (Lipinski definition) is 1. The highest BCUT2D eigenvalue weighted by Crippen LogP contribution is 2.16. The maximum Gasteiger partial charge on any atom is 0.149 e. The molecular formula is C12H15FN2. The first-order valence-corrected chi connectivity index (χ1v) is 5.04. The maximum absolute atomic E-state index is 13.4. The van der Waals surface area contributed by atoms with E-state index in [1.165, 1.54) is 10.7 Å². The van der Waals surface area contributed by atoms with Crippen LogP contribution in [0.15, 0.2) is 36.7 Å². The van der Waals surface area contributed by atoms with E-state index in [0.717, 1.165) is 5.56 Å². The molecule has 3 heteroatoms. The van der Waals surface area contributed by atoms with Crippen molar-refractivity contribution in [2.75, 3.05) is 0 Å². The van der Waals surface area contributed by atoms with Crippen LogP contribution in [0.3, 0.4) is 0 Å². The van der Waals surface area contributed by atoms with E-state index < -0.39 is 0 Å². The summed E-state index contributed by atoms with van der Waals surface area (Å²) in [5, 5.41) is 3.98. The minimum Gasteiger partial charge on any atom is -0.238 e. The summed E-state index contributed by atoms with van der Waals surface area (Å²) in [5.74, 6) is -0.247. The molecule has 2 nitrogen and oxygen atoms in total. The van der Waals surface area contributed by atoms with Crippen molar-refractivity contribution in [3.05, 3.63) is 48.0 Å². The van der Waals surface area contributed by atoms with Gasteiger partial charge in [-0.1, -0.05) is 26.0 Å². The van der Waals surface area contributed by atoms with Gasteiger partial charge in [0.05, 0.1) is 0 Å². The van der Waals surface area contributed by atoms with Gasteiger partial charge in [-0.25, -0.2) is 9.07 Å². The van der Waals surface area contributed by atoms with Gasteiger partial charge >= 0.3 is 0 Å². The van der Waals surface area contributed by atoms with Crippen molar-refractivity contribution in [3.8, 4) is 5.69 Å². The summed E-state index contributed by atoms with van der Waals surface area (Å²) in [4.78, 5) is 0. The summed E-state index contributed by atoms with van der Waals surface area (Å²) in [6, 6.07) is 6.76.